The SMILES string of the molecule is C=CC(=O)N1CCC(c2ccc3cccnc3n2)CC1. The highest BCUT2D eigenvalue weighted by Gasteiger charge is 2.23. The molecule has 3 heterocycles. The summed E-state index contributed by atoms with van der Waals surface area (Å²) in [6.07, 6.45) is 5.05. The zero-order chi connectivity index (χ0) is 13.9. The maximum atomic E-state index is 11.6. The summed E-state index contributed by atoms with van der Waals surface area (Å²) in [5, 5.41) is 1.07. The third-order valence-electron chi connectivity index (χ3n) is 3.89. The van der Waals surface area contributed by atoms with Gasteiger partial charge in [0.25, 0.3) is 0 Å². The van der Waals surface area contributed by atoms with E-state index >= 15 is 0 Å². The van der Waals surface area contributed by atoms with Gasteiger partial charge in [-0.3, -0.25) is 4.79 Å². The van der Waals surface area contributed by atoms with Gasteiger partial charge < -0.3 is 4.90 Å². The third-order valence-corrected chi connectivity index (χ3v) is 3.89. The molecule has 1 fully saturated rings. The van der Waals surface area contributed by atoms with Gasteiger partial charge in [0, 0.05) is 36.3 Å². The summed E-state index contributed by atoms with van der Waals surface area (Å²) in [5.41, 5.74) is 1.89. The van der Waals surface area contributed by atoms with Crippen LogP contribution < -0.4 is 0 Å². The molecule has 0 atom stereocenters. The number of piperidine rings is 1. The van der Waals surface area contributed by atoms with Crippen molar-refractivity contribution in [1.29, 1.82) is 0 Å². The number of hydrogen-bond acceptors (Lipinski definition) is 3. The van der Waals surface area contributed by atoms with Gasteiger partial charge >= 0.3 is 0 Å². The summed E-state index contributed by atoms with van der Waals surface area (Å²) in [6, 6.07) is 8.10. The molecule has 4 heteroatoms. The van der Waals surface area contributed by atoms with Crippen LogP contribution in [0.25, 0.3) is 11.0 Å². The van der Waals surface area contributed by atoms with Crippen molar-refractivity contribution in [3.05, 3.63) is 48.8 Å². The Morgan fingerprint density at radius 2 is 2.10 bits per heavy atom. The molecule has 0 bridgehead atoms. The molecule has 0 radical (unpaired) electrons. The number of carbonyl (C=O) groups is 1. The van der Waals surface area contributed by atoms with E-state index in [9.17, 15) is 4.79 Å². The van der Waals surface area contributed by atoms with E-state index in [-0.39, 0.29) is 5.91 Å². The van der Waals surface area contributed by atoms with Crippen molar-refractivity contribution < 1.29 is 4.79 Å². The fourth-order valence-electron chi connectivity index (χ4n) is 2.72. The van der Waals surface area contributed by atoms with Crippen molar-refractivity contribution in [2.75, 3.05) is 13.1 Å². The van der Waals surface area contributed by atoms with E-state index in [2.05, 4.69) is 28.7 Å². The highest BCUT2D eigenvalue weighted by atomic mass is 16.2. The quantitative estimate of drug-likeness (QED) is 0.785. The van der Waals surface area contributed by atoms with Crippen LogP contribution in [0.2, 0.25) is 0 Å². The van der Waals surface area contributed by atoms with Crippen molar-refractivity contribution in [3.8, 4) is 0 Å². The van der Waals surface area contributed by atoms with Gasteiger partial charge in [0.15, 0.2) is 5.65 Å². The molecule has 0 N–H and O–H groups in total. The fraction of sp³-hybridized carbons (Fsp3) is 0.312. The van der Waals surface area contributed by atoms with E-state index < -0.39 is 0 Å². The number of amides is 1. The number of likely N-dealkylation sites (tertiary alicyclic amines) is 1. The first-order valence-corrected chi connectivity index (χ1v) is 6.91. The number of fused-ring (bicyclic) bond motifs is 1. The molecule has 102 valence electrons. The molecular weight excluding hydrogens is 250 g/mol. The lowest BCUT2D eigenvalue weighted by atomic mass is 9.93. The third kappa shape index (κ3) is 2.41. The van der Waals surface area contributed by atoms with E-state index in [1.165, 1.54) is 6.08 Å². The maximum absolute atomic E-state index is 11.6. The van der Waals surface area contributed by atoms with Crippen molar-refractivity contribution in [3.63, 3.8) is 0 Å². The molecule has 20 heavy (non-hydrogen) atoms. The largest absolute Gasteiger partial charge is 0.339 e. The highest BCUT2D eigenvalue weighted by molar-refractivity contribution is 5.87. The van der Waals surface area contributed by atoms with Crippen molar-refractivity contribution in [1.82, 2.24) is 14.9 Å². The topological polar surface area (TPSA) is 46.1 Å². The van der Waals surface area contributed by atoms with Crippen LogP contribution in [0.4, 0.5) is 0 Å². The van der Waals surface area contributed by atoms with Crippen molar-refractivity contribution >= 4 is 16.9 Å². The average Bonchev–Trinajstić information content (AvgIpc) is 2.54. The lowest BCUT2D eigenvalue weighted by molar-refractivity contribution is -0.127. The average molecular weight is 267 g/mol. The zero-order valence-corrected chi connectivity index (χ0v) is 11.3. The van der Waals surface area contributed by atoms with Crippen LogP contribution in [0.3, 0.4) is 0 Å². The number of carbonyl (C=O) groups excluding carboxylic acids is 1. The van der Waals surface area contributed by atoms with Gasteiger partial charge in [-0.25, -0.2) is 9.97 Å². The van der Waals surface area contributed by atoms with Gasteiger partial charge in [0.2, 0.25) is 5.91 Å². The number of pyridine rings is 2. The van der Waals surface area contributed by atoms with Crippen LogP contribution in [-0.2, 0) is 4.79 Å². The molecule has 0 aliphatic carbocycles. The lowest BCUT2D eigenvalue weighted by Gasteiger charge is -2.31. The van der Waals surface area contributed by atoms with E-state index in [1.807, 2.05) is 17.0 Å². The molecule has 1 aliphatic heterocycles. The van der Waals surface area contributed by atoms with E-state index in [0.717, 1.165) is 42.7 Å². The Kier molecular flexibility index (Phi) is 3.46. The van der Waals surface area contributed by atoms with Crippen LogP contribution >= 0.6 is 0 Å². The molecule has 1 aliphatic rings. The standard InChI is InChI=1S/C16H17N3O/c1-2-15(20)19-10-7-12(8-11-19)14-6-5-13-4-3-9-17-16(13)18-14/h2-6,9,12H,1,7-8,10-11H2. The van der Waals surface area contributed by atoms with Gasteiger partial charge in [0.05, 0.1) is 0 Å². The van der Waals surface area contributed by atoms with Gasteiger partial charge in [0.1, 0.15) is 0 Å². The second-order valence-electron chi connectivity index (χ2n) is 5.09. The Morgan fingerprint density at radius 1 is 1.30 bits per heavy atom. The van der Waals surface area contributed by atoms with Gasteiger partial charge in [-0.1, -0.05) is 6.58 Å². The summed E-state index contributed by atoms with van der Waals surface area (Å²) in [7, 11) is 0. The molecule has 2 aromatic heterocycles. The number of aromatic nitrogens is 2. The van der Waals surface area contributed by atoms with Crippen molar-refractivity contribution in [2.24, 2.45) is 0 Å². The van der Waals surface area contributed by atoms with E-state index in [4.69, 9.17) is 0 Å². The second kappa shape index (κ2) is 5.41. The predicted molar refractivity (Wildman–Crippen MR) is 78.3 cm³/mol. The summed E-state index contributed by atoms with van der Waals surface area (Å²) in [6.45, 7) is 5.09. The van der Waals surface area contributed by atoms with Gasteiger partial charge in [-0.2, -0.15) is 0 Å². The predicted octanol–water partition coefficient (Wildman–Crippen LogP) is 2.52. The highest BCUT2D eigenvalue weighted by Crippen LogP contribution is 2.27. The number of hydrogen-bond donors (Lipinski definition) is 0. The summed E-state index contributed by atoms with van der Waals surface area (Å²) >= 11 is 0. The molecule has 0 aromatic carbocycles. The van der Waals surface area contributed by atoms with Crippen molar-refractivity contribution in [2.45, 2.75) is 18.8 Å². The fourth-order valence-corrected chi connectivity index (χ4v) is 2.72. The first-order chi connectivity index (χ1) is 9.78. The number of rotatable bonds is 2. The zero-order valence-electron chi connectivity index (χ0n) is 11.3. The first-order valence-electron chi connectivity index (χ1n) is 6.91. The van der Waals surface area contributed by atoms with Crippen LogP contribution in [0.5, 0.6) is 0 Å². The Morgan fingerprint density at radius 3 is 2.85 bits per heavy atom. The molecule has 0 spiro atoms. The summed E-state index contributed by atoms with van der Waals surface area (Å²) in [5.74, 6) is 0.437. The summed E-state index contributed by atoms with van der Waals surface area (Å²) < 4.78 is 0. The Labute approximate surface area is 118 Å². The molecule has 0 saturated carbocycles. The van der Waals surface area contributed by atoms with Crippen LogP contribution in [0.15, 0.2) is 43.1 Å². The molecular formula is C16H17N3O. The van der Waals surface area contributed by atoms with E-state index in [1.54, 1.807) is 6.20 Å². The maximum Gasteiger partial charge on any atom is 0.245 e. The lowest BCUT2D eigenvalue weighted by Crippen LogP contribution is -2.36. The molecule has 3 rings (SSSR count). The molecule has 1 amide bonds. The summed E-state index contributed by atoms with van der Waals surface area (Å²) in [4.78, 5) is 22.4. The minimum Gasteiger partial charge on any atom is -0.339 e. The first kappa shape index (κ1) is 12.8. The van der Waals surface area contributed by atoms with Gasteiger partial charge in [-0.05, 0) is 43.2 Å². The van der Waals surface area contributed by atoms with Crippen LogP contribution in [0.1, 0.15) is 24.5 Å². The van der Waals surface area contributed by atoms with E-state index in [0.29, 0.717) is 5.92 Å². The number of nitrogens with zero attached hydrogens (tertiary/aromatic N) is 3. The minimum atomic E-state index is 0.0246. The monoisotopic (exact) mass is 267 g/mol. The second-order valence-corrected chi connectivity index (χ2v) is 5.09. The normalized spacial score (nSPS) is 16.3. The Bertz CT molecular complexity index is 645. The van der Waals surface area contributed by atoms with Gasteiger partial charge in [-0.15, -0.1) is 0 Å². The molecule has 1 saturated heterocycles. The molecule has 4 nitrogen and oxygen atoms in total. The smallest absolute Gasteiger partial charge is 0.245 e. The Balaban J connectivity index is 1.76. The molecule has 2 aromatic rings. The van der Waals surface area contributed by atoms with Crippen LogP contribution in [0, 0.1) is 0 Å². The molecule has 0 unspecified atom stereocenters. The Hall–Kier alpha value is -2.23. The van der Waals surface area contributed by atoms with Crippen LogP contribution in [-0.4, -0.2) is 33.9 Å². The minimum absolute atomic E-state index is 0.0246.